The summed E-state index contributed by atoms with van der Waals surface area (Å²) >= 11 is 0. The minimum atomic E-state index is -0.821. The van der Waals surface area contributed by atoms with Crippen molar-refractivity contribution >= 4 is 5.97 Å². The largest absolute Gasteiger partial charge is 0.489 e. The fourth-order valence-electron chi connectivity index (χ4n) is 2.61. The molecule has 0 radical (unpaired) electrons. The van der Waals surface area contributed by atoms with Crippen LogP contribution in [0.5, 0.6) is 5.75 Å². The number of nitriles is 1. The summed E-state index contributed by atoms with van der Waals surface area (Å²) in [6.07, 6.45) is 0.901. The first-order chi connectivity index (χ1) is 12.1. The van der Waals surface area contributed by atoms with Crippen molar-refractivity contribution in [3.8, 4) is 11.8 Å². The molecule has 130 valence electrons. The SMILES string of the molecule is CCCN(CC(=O)O)Cc1cccc(OCc2cccc(C#N)c2)c1. The first-order valence-corrected chi connectivity index (χ1v) is 8.25. The van der Waals surface area contributed by atoms with Crippen LogP contribution in [0.25, 0.3) is 0 Å². The Morgan fingerprint density at radius 3 is 2.68 bits per heavy atom. The maximum Gasteiger partial charge on any atom is 0.317 e. The molecule has 0 spiro atoms. The van der Waals surface area contributed by atoms with Crippen LogP contribution in [0.4, 0.5) is 0 Å². The standard InChI is InChI=1S/C20H22N2O3/c1-2-9-22(14-20(23)24)13-17-6-4-8-19(11-17)25-15-18-7-3-5-16(10-18)12-21/h3-8,10-11H,2,9,13-15H2,1H3,(H,23,24). The van der Waals surface area contributed by atoms with Gasteiger partial charge in [-0.1, -0.05) is 31.2 Å². The third-order valence-electron chi connectivity index (χ3n) is 3.66. The zero-order valence-electron chi connectivity index (χ0n) is 14.3. The highest BCUT2D eigenvalue weighted by Crippen LogP contribution is 2.17. The van der Waals surface area contributed by atoms with Crippen LogP contribution in [0, 0.1) is 11.3 Å². The lowest BCUT2D eigenvalue weighted by Gasteiger charge is -2.19. The number of ether oxygens (including phenoxy) is 1. The Hall–Kier alpha value is -2.84. The number of hydrogen-bond donors (Lipinski definition) is 1. The predicted octanol–water partition coefficient (Wildman–Crippen LogP) is 3.43. The molecule has 0 saturated carbocycles. The first kappa shape index (κ1) is 18.5. The molecular formula is C20H22N2O3. The number of carboxylic acid groups (broad SMARTS) is 1. The number of nitrogens with zero attached hydrogens (tertiary/aromatic N) is 2. The number of aliphatic carboxylic acids is 1. The van der Waals surface area contributed by atoms with E-state index < -0.39 is 5.97 Å². The van der Waals surface area contributed by atoms with Crippen molar-refractivity contribution in [2.24, 2.45) is 0 Å². The number of carboxylic acids is 1. The third-order valence-corrected chi connectivity index (χ3v) is 3.66. The molecule has 0 aromatic heterocycles. The monoisotopic (exact) mass is 338 g/mol. The van der Waals surface area contributed by atoms with Crippen molar-refractivity contribution in [1.82, 2.24) is 4.90 Å². The van der Waals surface area contributed by atoms with E-state index in [0.717, 1.165) is 29.8 Å². The van der Waals surface area contributed by atoms with Crippen molar-refractivity contribution in [2.75, 3.05) is 13.1 Å². The third kappa shape index (κ3) is 6.28. The molecule has 0 fully saturated rings. The summed E-state index contributed by atoms with van der Waals surface area (Å²) < 4.78 is 5.81. The second kappa shape index (κ2) is 9.45. The summed E-state index contributed by atoms with van der Waals surface area (Å²) in [5.74, 6) is -0.0927. The molecule has 25 heavy (non-hydrogen) atoms. The lowest BCUT2D eigenvalue weighted by Crippen LogP contribution is -2.30. The van der Waals surface area contributed by atoms with E-state index in [1.54, 1.807) is 12.1 Å². The number of hydrogen-bond acceptors (Lipinski definition) is 4. The fraction of sp³-hybridized carbons (Fsp3) is 0.300. The Morgan fingerprint density at radius 1 is 1.20 bits per heavy atom. The van der Waals surface area contributed by atoms with Gasteiger partial charge < -0.3 is 9.84 Å². The molecule has 2 rings (SSSR count). The van der Waals surface area contributed by atoms with Gasteiger partial charge in [-0.2, -0.15) is 5.26 Å². The minimum absolute atomic E-state index is 0.0277. The molecule has 0 unspecified atom stereocenters. The highest BCUT2D eigenvalue weighted by molar-refractivity contribution is 5.69. The van der Waals surface area contributed by atoms with Gasteiger partial charge in [0.2, 0.25) is 0 Å². The van der Waals surface area contributed by atoms with Crippen LogP contribution in [-0.2, 0) is 17.9 Å². The van der Waals surface area contributed by atoms with Gasteiger partial charge in [0, 0.05) is 6.54 Å². The predicted molar refractivity (Wildman–Crippen MR) is 95.1 cm³/mol. The Kier molecular flexibility index (Phi) is 7.00. The average molecular weight is 338 g/mol. The molecule has 0 saturated heterocycles. The average Bonchev–Trinajstić information content (AvgIpc) is 2.60. The van der Waals surface area contributed by atoms with Crippen LogP contribution in [-0.4, -0.2) is 29.1 Å². The molecule has 1 N–H and O–H groups in total. The maximum atomic E-state index is 11.0. The summed E-state index contributed by atoms with van der Waals surface area (Å²) in [6.45, 7) is 3.75. The first-order valence-electron chi connectivity index (χ1n) is 8.25. The Labute approximate surface area is 148 Å². The normalized spacial score (nSPS) is 10.4. The molecule has 0 aliphatic carbocycles. The second-order valence-corrected chi connectivity index (χ2v) is 5.85. The van der Waals surface area contributed by atoms with Gasteiger partial charge >= 0.3 is 5.97 Å². The Morgan fingerprint density at radius 2 is 1.96 bits per heavy atom. The molecular weight excluding hydrogens is 316 g/mol. The lowest BCUT2D eigenvalue weighted by molar-refractivity contribution is -0.138. The fourth-order valence-corrected chi connectivity index (χ4v) is 2.61. The van der Waals surface area contributed by atoms with Crippen molar-refractivity contribution in [3.05, 3.63) is 65.2 Å². The summed E-state index contributed by atoms with van der Waals surface area (Å²) in [4.78, 5) is 12.9. The van der Waals surface area contributed by atoms with E-state index in [1.807, 2.05) is 48.2 Å². The molecule has 0 heterocycles. The summed E-state index contributed by atoms with van der Waals surface area (Å²) in [5.41, 5.74) is 2.56. The number of carbonyl (C=O) groups is 1. The van der Waals surface area contributed by atoms with E-state index in [2.05, 4.69) is 6.07 Å². The summed E-state index contributed by atoms with van der Waals surface area (Å²) in [7, 11) is 0. The number of rotatable bonds is 9. The van der Waals surface area contributed by atoms with E-state index in [4.69, 9.17) is 15.1 Å². The van der Waals surface area contributed by atoms with E-state index in [9.17, 15) is 4.79 Å². The van der Waals surface area contributed by atoms with Gasteiger partial charge in [-0.3, -0.25) is 9.69 Å². The van der Waals surface area contributed by atoms with Crippen LogP contribution in [0.1, 0.15) is 30.0 Å². The summed E-state index contributed by atoms with van der Waals surface area (Å²) in [5, 5.41) is 17.9. The van der Waals surface area contributed by atoms with Crippen molar-refractivity contribution in [2.45, 2.75) is 26.5 Å². The van der Waals surface area contributed by atoms with Crippen molar-refractivity contribution in [1.29, 1.82) is 5.26 Å². The second-order valence-electron chi connectivity index (χ2n) is 5.85. The Bertz CT molecular complexity index is 753. The van der Waals surface area contributed by atoms with E-state index >= 15 is 0 Å². The van der Waals surface area contributed by atoms with E-state index in [-0.39, 0.29) is 6.54 Å². The maximum absolute atomic E-state index is 11.0. The molecule has 0 aliphatic rings. The zero-order chi connectivity index (χ0) is 18.1. The van der Waals surface area contributed by atoms with Gasteiger partial charge in [0.15, 0.2) is 0 Å². The quantitative estimate of drug-likeness (QED) is 0.758. The van der Waals surface area contributed by atoms with E-state index in [0.29, 0.717) is 18.7 Å². The topological polar surface area (TPSA) is 73.6 Å². The smallest absolute Gasteiger partial charge is 0.317 e. The molecule has 2 aromatic carbocycles. The van der Waals surface area contributed by atoms with Gasteiger partial charge in [-0.05, 0) is 48.4 Å². The van der Waals surface area contributed by atoms with E-state index in [1.165, 1.54) is 0 Å². The zero-order valence-corrected chi connectivity index (χ0v) is 14.3. The highest BCUT2D eigenvalue weighted by atomic mass is 16.5. The van der Waals surface area contributed by atoms with Crippen LogP contribution in [0.2, 0.25) is 0 Å². The minimum Gasteiger partial charge on any atom is -0.489 e. The molecule has 5 heteroatoms. The molecule has 0 bridgehead atoms. The van der Waals surface area contributed by atoms with Crippen LogP contribution in [0.3, 0.4) is 0 Å². The summed E-state index contributed by atoms with van der Waals surface area (Å²) in [6, 6.07) is 17.1. The highest BCUT2D eigenvalue weighted by Gasteiger charge is 2.10. The van der Waals surface area contributed by atoms with Crippen LogP contribution >= 0.6 is 0 Å². The molecule has 0 amide bonds. The molecule has 0 atom stereocenters. The van der Waals surface area contributed by atoms with Gasteiger partial charge in [-0.15, -0.1) is 0 Å². The molecule has 5 nitrogen and oxygen atoms in total. The molecule has 0 aliphatic heterocycles. The van der Waals surface area contributed by atoms with Crippen molar-refractivity contribution < 1.29 is 14.6 Å². The van der Waals surface area contributed by atoms with Gasteiger partial charge in [0.1, 0.15) is 12.4 Å². The van der Waals surface area contributed by atoms with Gasteiger partial charge in [0.05, 0.1) is 18.2 Å². The lowest BCUT2D eigenvalue weighted by atomic mass is 10.1. The molecule has 2 aromatic rings. The Balaban J connectivity index is 2.00. The van der Waals surface area contributed by atoms with Crippen LogP contribution in [0.15, 0.2) is 48.5 Å². The van der Waals surface area contributed by atoms with Crippen molar-refractivity contribution in [3.63, 3.8) is 0 Å². The van der Waals surface area contributed by atoms with Gasteiger partial charge in [0.25, 0.3) is 0 Å². The van der Waals surface area contributed by atoms with Gasteiger partial charge in [-0.25, -0.2) is 0 Å². The number of benzene rings is 2. The van der Waals surface area contributed by atoms with Crippen LogP contribution < -0.4 is 4.74 Å².